The zero-order valence-corrected chi connectivity index (χ0v) is 11.5. The lowest BCUT2D eigenvalue weighted by Crippen LogP contribution is -2.00. The minimum atomic E-state index is -1.01. The number of carboxylic acid groups (broad SMARTS) is 1. The maximum Gasteiger partial charge on any atom is 0.337 e. The topological polar surface area (TPSA) is 75.1 Å². The van der Waals surface area contributed by atoms with Gasteiger partial charge in [0.05, 0.1) is 21.8 Å². The van der Waals surface area contributed by atoms with Gasteiger partial charge >= 0.3 is 5.97 Å². The zero-order valence-electron chi connectivity index (χ0n) is 10.7. The van der Waals surface area contributed by atoms with Gasteiger partial charge in [-0.1, -0.05) is 11.6 Å². The second kappa shape index (κ2) is 5.38. The number of rotatable bonds is 3. The van der Waals surface area contributed by atoms with E-state index in [0.717, 1.165) is 16.6 Å². The molecular weight excluding hydrogens is 290 g/mol. The molecule has 2 heterocycles. The van der Waals surface area contributed by atoms with Gasteiger partial charge in [0.2, 0.25) is 0 Å². The van der Waals surface area contributed by atoms with E-state index in [2.05, 4.69) is 15.3 Å². The van der Waals surface area contributed by atoms with Crippen LogP contribution in [0, 0.1) is 0 Å². The molecule has 0 atom stereocenters. The van der Waals surface area contributed by atoms with Gasteiger partial charge in [0, 0.05) is 17.8 Å². The number of halogens is 1. The summed E-state index contributed by atoms with van der Waals surface area (Å²) in [5, 5.41) is 13.4. The number of aromatic carboxylic acids is 1. The fourth-order valence-electron chi connectivity index (χ4n) is 1.97. The molecule has 0 spiro atoms. The third-order valence-electron chi connectivity index (χ3n) is 2.99. The predicted molar refractivity (Wildman–Crippen MR) is 81.2 cm³/mol. The Bertz CT molecular complexity index is 819. The monoisotopic (exact) mass is 299 g/mol. The lowest BCUT2D eigenvalue weighted by Gasteiger charge is -2.09. The van der Waals surface area contributed by atoms with Gasteiger partial charge in [-0.05, 0) is 36.4 Å². The number of pyridine rings is 2. The number of carbonyl (C=O) groups is 1. The Balaban J connectivity index is 1.98. The fourth-order valence-corrected chi connectivity index (χ4v) is 2.19. The van der Waals surface area contributed by atoms with Crippen molar-refractivity contribution in [3.8, 4) is 0 Å². The van der Waals surface area contributed by atoms with Crippen LogP contribution < -0.4 is 5.32 Å². The van der Waals surface area contributed by atoms with Gasteiger partial charge in [-0.25, -0.2) is 9.78 Å². The first kappa shape index (κ1) is 13.3. The molecule has 21 heavy (non-hydrogen) atoms. The molecule has 0 bridgehead atoms. The van der Waals surface area contributed by atoms with E-state index in [1.165, 1.54) is 12.3 Å². The van der Waals surface area contributed by atoms with Crippen molar-refractivity contribution in [3.05, 3.63) is 59.4 Å². The number of anilines is 2. The number of nitrogens with one attached hydrogen (secondary N) is 1. The molecule has 2 N–H and O–H groups in total. The summed E-state index contributed by atoms with van der Waals surface area (Å²) in [5.41, 5.74) is 1.62. The molecule has 0 saturated carbocycles. The van der Waals surface area contributed by atoms with Gasteiger partial charge in [-0.2, -0.15) is 0 Å². The van der Waals surface area contributed by atoms with Crippen LogP contribution in [0.4, 0.5) is 11.5 Å². The van der Waals surface area contributed by atoms with Gasteiger partial charge in [-0.15, -0.1) is 0 Å². The highest BCUT2D eigenvalue weighted by atomic mass is 35.5. The number of benzene rings is 1. The highest BCUT2D eigenvalue weighted by Gasteiger charge is 2.07. The molecule has 3 rings (SSSR count). The van der Waals surface area contributed by atoms with Gasteiger partial charge in [-0.3, -0.25) is 4.98 Å². The van der Waals surface area contributed by atoms with Crippen molar-refractivity contribution >= 4 is 40.0 Å². The van der Waals surface area contributed by atoms with Crippen molar-refractivity contribution in [1.29, 1.82) is 0 Å². The van der Waals surface area contributed by atoms with Gasteiger partial charge in [0.25, 0.3) is 0 Å². The molecule has 0 aliphatic rings. The van der Waals surface area contributed by atoms with E-state index >= 15 is 0 Å². The number of nitrogens with zero attached hydrogens (tertiary/aromatic N) is 2. The molecule has 5 nitrogen and oxygen atoms in total. The summed E-state index contributed by atoms with van der Waals surface area (Å²) < 4.78 is 0. The first-order chi connectivity index (χ1) is 10.1. The summed E-state index contributed by atoms with van der Waals surface area (Å²) in [7, 11) is 0. The van der Waals surface area contributed by atoms with Crippen LogP contribution in [0.5, 0.6) is 0 Å². The van der Waals surface area contributed by atoms with Crippen LogP contribution in [0.25, 0.3) is 10.9 Å². The summed E-state index contributed by atoms with van der Waals surface area (Å²) >= 11 is 6.14. The molecule has 0 unspecified atom stereocenters. The average molecular weight is 300 g/mol. The van der Waals surface area contributed by atoms with Crippen molar-refractivity contribution < 1.29 is 9.90 Å². The van der Waals surface area contributed by atoms with E-state index in [9.17, 15) is 4.79 Å². The zero-order chi connectivity index (χ0) is 14.8. The summed E-state index contributed by atoms with van der Waals surface area (Å²) in [6.07, 6.45) is 2.99. The van der Waals surface area contributed by atoms with Crippen LogP contribution >= 0.6 is 11.6 Å². The normalized spacial score (nSPS) is 10.5. The fraction of sp³-hybridized carbons (Fsp3) is 0. The Hall–Kier alpha value is -2.66. The molecular formula is C15H10ClN3O2. The van der Waals surface area contributed by atoms with Gasteiger partial charge in [0.15, 0.2) is 0 Å². The number of hydrogen-bond donors (Lipinski definition) is 2. The summed E-state index contributed by atoms with van der Waals surface area (Å²) in [6, 6.07) is 10.4. The van der Waals surface area contributed by atoms with E-state index in [1.54, 1.807) is 18.3 Å². The number of hydrogen-bond acceptors (Lipinski definition) is 4. The Kier molecular flexibility index (Phi) is 3.41. The maximum absolute atomic E-state index is 10.8. The maximum atomic E-state index is 10.8. The van der Waals surface area contributed by atoms with E-state index in [1.807, 2.05) is 18.2 Å². The van der Waals surface area contributed by atoms with E-state index < -0.39 is 5.97 Å². The smallest absolute Gasteiger partial charge is 0.337 e. The molecule has 2 aromatic heterocycles. The molecule has 0 radical (unpaired) electrons. The molecule has 3 aromatic rings. The van der Waals surface area contributed by atoms with E-state index in [0.29, 0.717) is 10.8 Å². The van der Waals surface area contributed by atoms with Crippen LogP contribution in [-0.4, -0.2) is 21.0 Å². The van der Waals surface area contributed by atoms with Crippen LogP contribution in [-0.2, 0) is 0 Å². The lowest BCUT2D eigenvalue weighted by molar-refractivity contribution is 0.0696. The molecule has 0 saturated heterocycles. The van der Waals surface area contributed by atoms with Crippen LogP contribution in [0.2, 0.25) is 5.02 Å². The third kappa shape index (κ3) is 2.64. The molecule has 0 fully saturated rings. The highest BCUT2D eigenvalue weighted by molar-refractivity contribution is 6.35. The molecule has 1 aromatic carbocycles. The van der Waals surface area contributed by atoms with Crippen molar-refractivity contribution in [2.24, 2.45) is 0 Å². The largest absolute Gasteiger partial charge is 0.478 e. The van der Waals surface area contributed by atoms with E-state index in [4.69, 9.17) is 16.7 Å². The second-order valence-electron chi connectivity index (χ2n) is 4.36. The number of fused-ring (bicyclic) bond motifs is 1. The Morgan fingerprint density at radius 1 is 1.14 bits per heavy atom. The van der Waals surface area contributed by atoms with E-state index in [-0.39, 0.29) is 5.56 Å². The molecule has 104 valence electrons. The average Bonchev–Trinajstić information content (AvgIpc) is 2.51. The van der Waals surface area contributed by atoms with Crippen LogP contribution in [0.15, 0.2) is 48.8 Å². The summed E-state index contributed by atoms with van der Waals surface area (Å²) in [5.74, 6) is -0.470. The van der Waals surface area contributed by atoms with Crippen molar-refractivity contribution in [3.63, 3.8) is 0 Å². The minimum absolute atomic E-state index is 0.139. The third-order valence-corrected chi connectivity index (χ3v) is 3.32. The standard InChI is InChI=1S/C15H10ClN3O2/c16-11-4-5-12(14-10(11)2-1-7-17-14)19-13-6-3-9(8-18-13)15(20)21/h1-8H,(H,18,19)(H,20,21). The molecule has 0 amide bonds. The van der Waals surface area contributed by atoms with Crippen molar-refractivity contribution in [1.82, 2.24) is 9.97 Å². The highest BCUT2D eigenvalue weighted by Crippen LogP contribution is 2.29. The summed E-state index contributed by atoms with van der Waals surface area (Å²) in [6.45, 7) is 0. The SMILES string of the molecule is O=C(O)c1ccc(Nc2ccc(Cl)c3cccnc23)nc1. The number of aromatic nitrogens is 2. The first-order valence-electron chi connectivity index (χ1n) is 6.15. The minimum Gasteiger partial charge on any atom is -0.478 e. The predicted octanol–water partition coefficient (Wildman–Crippen LogP) is 3.73. The lowest BCUT2D eigenvalue weighted by atomic mass is 10.2. The van der Waals surface area contributed by atoms with Crippen LogP contribution in [0.3, 0.4) is 0 Å². The van der Waals surface area contributed by atoms with Gasteiger partial charge in [0.1, 0.15) is 5.82 Å². The second-order valence-corrected chi connectivity index (χ2v) is 4.76. The molecule has 6 heteroatoms. The van der Waals surface area contributed by atoms with Crippen LogP contribution in [0.1, 0.15) is 10.4 Å². The van der Waals surface area contributed by atoms with Crippen molar-refractivity contribution in [2.75, 3.05) is 5.32 Å². The van der Waals surface area contributed by atoms with Crippen molar-refractivity contribution in [2.45, 2.75) is 0 Å². The van der Waals surface area contributed by atoms with Gasteiger partial charge < -0.3 is 10.4 Å². The Morgan fingerprint density at radius 3 is 2.71 bits per heavy atom. The Labute approximate surface area is 125 Å². The first-order valence-corrected chi connectivity index (χ1v) is 6.52. The molecule has 0 aliphatic heterocycles. The quantitative estimate of drug-likeness (QED) is 0.771. The summed E-state index contributed by atoms with van der Waals surface area (Å²) in [4.78, 5) is 19.2. The Morgan fingerprint density at radius 2 is 2.00 bits per heavy atom. The molecule has 0 aliphatic carbocycles. The number of carboxylic acids is 1.